The Bertz CT molecular complexity index is 276. The molecular formula is C9H9F3S. The molecule has 0 radical (unpaired) electrons. The first-order chi connectivity index (χ1) is 6.15. The van der Waals surface area contributed by atoms with Crippen molar-refractivity contribution in [2.24, 2.45) is 0 Å². The summed E-state index contributed by atoms with van der Waals surface area (Å²) in [6.45, 7) is 0. The Morgan fingerprint density at radius 1 is 1.08 bits per heavy atom. The molecule has 0 aliphatic carbocycles. The summed E-state index contributed by atoms with van der Waals surface area (Å²) in [6.07, 6.45) is 1.23. The van der Waals surface area contributed by atoms with Crippen LogP contribution < -0.4 is 0 Å². The van der Waals surface area contributed by atoms with Gasteiger partial charge in [-0.1, -0.05) is 0 Å². The average Bonchev–Trinajstić information content (AvgIpc) is 2.10. The zero-order valence-corrected chi connectivity index (χ0v) is 7.75. The molecule has 0 amide bonds. The van der Waals surface area contributed by atoms with Crippen LogP contribution in [0.2, 0.25) is 0 Å². The standard InChI is InChI=1S/C9H9F3S/c10-7-4-6(2-1-3-13)5-8(11)9(7)12/h4-5,13H,1-3H2. The van der Waals surface area contributed by atoms with Crippen LogP contribution in [0.25, 0.3) is 0 Å². The van der Waals surface area contributed by atoms with Gasteiger partial charge in [0.25, 0.3) is 0 Å². The van der Waals surface area contributed by atoms with Gasteiger partial charge in [0.15, 0.2) is 17.5 Å². The summed E-state index contributed by atoms with van der Waals surface area (Å²) < 4.78 is 37.7. The fourth-order valence-corrected chi connectivity index (χ4v) is 1.19. The first kappa shape index (κ1) is 10.4. The summed E-state index contributed by atoms with van der Waals surface area (Å²) in [6, 6.07) is 2.03. The molecular weight excluding hydrogens is 197 g/mol. The van der Waals surface area contributed by atoms with Crippen LogP contribution in [0.3, 0.4) is 0 Å². The molecule has 0 saturated heterocycles. The maximum atomic E-state index is 12.6. The summed E-state index contributed by atoms with van der Waals surface area (Å²) >= 11 is 3.96. The number of thiol groups is 1. The van der Waals surface area contributed by atoms with Gasteiger partial charge >= 0.3 is 0 Å². The Morgan fingerprint density at radius 2 is 1.62 bits per heavy atom. The van der Waals surface area contributed by atoms with Crippen LogP contribution in [-0.4, -0.2) is 5.75 Å². The predicted octanol–water partition coefficient (Wildman–Crippen LogP) is 2.97. The molecule has 0 aromatic heterocycles. The van der Waals surface area contributed by atoms with E-state index in [2.05, 4.69) is 12.6 Å². The van der Waals surface area contributed by atoms with Gasteiger partial charge in [-0.05, 0) is 36.3 Å². The summed E-state index contributed by atoms with van der Waals surface area (Å²) in [5.74, 6) is -3.03. The van der Waals surface area contributed by atoms with Crippen molar-refractivity contribution in [3.63, 3.8) is 0 Å². The molecule has 0 heterocycles. The highest BCUT2D eigenvalue weighted by Crippen LogP contribution is 2.14. The smallest absolute Gasteiger partial charge is 0.194 e. The van der Waals surface area contributed by atoms with Crippen LogP contribution in [0.4, 0.5) is 13.2 Å². The van der Waals surface area contributed by atoms with Gasteiger partial charge in [-0.2, -0.15) is 12.6 Å². The highest BCUT2D eigenvalue weighted by molar-refractivity contribution is 7.80. The van der Waals surface area contributed by atoms with E-state index in [9.17, 15) is 13.2 Å². The minimum Gasteiger partial charge on any atom is -0.204 e. The Balaban J connectivity index is 2.86. The topological polar surface area (TPSA) is 0 Å². The number of hydrogen-bond donors (Lipinski definition) is 1. The van der Waals surface area contributed by atoms with Gasteiger partial charge < -0.3 is 0 Å². The summed E-state index contributed by atoms with van der Waals surface area (Å²) in [4.78, 5) is 0. The van der Waals surface area contributed by atoms with Crippen molar-refractivity contribution < 1.29 is 13.2 Å². The number of hydrogen-bond acceptors (Lipinski definition) is 1. The minimum atomic E-state index is -1.41. The lowest BCUT2D eigenvalue weighted by molar-refractivity contribution is 0.445. The maximum Gasteiger partial charge on any atom is 0.194 e. The lowest BCUT2D eigenvalue weighted by Gasteiger charge is -2.01. The van der Waals surface area contributed by atoms with E-state index in [1.54, 1.807) is 0 Å². The van der Waals surface area contributed by atoms with E-state index in [-0.39, 0.29) is 0 Å². The van der Waals surface area contributed by atoms with Crippen LogP contribution in [0, 0.1) is 17.5 Å². The molecule has 0 bridgehead atoms. The maximum absolute atomic E-state index is 12.6. The normalized spacial score (nSPS) is 10.5. The van der Waals surface area contributed by atoms with Gasteiger partial charge in [0.1, 0.15) is 0 Å². The van der Waals surface area contributed by atoms with Crippen molar-refractivity contribution in [2.45, 2.75) is 12.8 Å². The first-order valence-corrected chi connectivity index (χ1v) is 4.52. The van der Waals surface area contributed by atoms with Crippen LogP contribution in [0.15, 0.2) is 12.1 Å². The monoisotopic (exact) mass is 206 g/mol. The molecule has 0 N–H and O–H groups in total. The summed E-state index contributed by atoms with van der Waals surface area (Å²) in [5, 5.41) is 0. The van der Waals surface area contributed by atoms with Gasteiger partial charge in [-0.3, -0.25) is 0 Å². The molecule has 0 aliphatic heterocycles. The zero-order valence-electron chi connectivity index (χ0n) is 6.86. The van der Waals surface area contributed by atoms with Crippen LogP contribution >= 0.6 is 12.6 Å². The first-order valence-electron chi connectivity index (χ1n) is 3.89. The highest BCUT2D eigenvalue weighted by atomic mass is 32.1. The van der Waals surface area contributed by atoms with E-state index in [0.29, 0.717) is 24.2 Å². The second-order valence-electron chi connectivity index (χ2n) is 2.70. The van der Waals surface area contributed by atoms with Crippen molar-refractivity contribution in [2.75, 3.05) is 5.75 Å². The molecule has 0 spiro atoms. The Morgan fingerprint density at radius 3 is 2.08 bits per heavy atom. The van der Waals surface area contributed by atoms with Gasteiger partial charge in [-0.15, -0.1) is 0 Å². The number of halogens is 3. The van der Waals surface area contributed by atoms with E-state index in [4.69, 9.17) is 0 Å². The van der Waals surface area contributed by atoms with E-state index in [0.717, 1.165) is 12.1 Å². The second-order valence-corrected chi connectivity index (χ2v) is 3.15. The minimum absolute atomic E-state index is 0.463. The second kappa shape index (κ2) is 4.56. The molecule has 72 valence electrons. The molecule has 1 aromatic carbocycles. The Kier molecular flexibility index (Phi) is 3.66. The molecule has 0 saturated carbocycles. The molecule has 4 heteroatoms. The zero-order chi connectivity index (χ0) is 9.84. The van der Waals surface area contributed by atoms with Gasteiger partial charge in [-0.25, -0.2) is 13.2 Å². The largest absolute Gasteiger partial charge is 0.204 e. The van der Waals surface area contributed by atoms with E-state index in [1.807, 2.05) is 0 Å². The quantitative estimate of drug-likeness (QED) is 0.570. The molecule has 0 aliphatic rings. The number of rotatable bonds is 3. The Hall–Kier alpha value is -0.640. The van der Waals surface area contributed by atoms with Crippen LogP contribution in [-0.2, 0) is 6.42 Å². The van der Waals surface area contributed by atoms with Crippen molar-refractivity contribution in [1.29, 1.82) is 0 Å². The Labute approximate surface area is 80.2 Å². The van der Waals surface area contributed by atoms with E-state index < -0.39 is 17.5 Å². The lowest BCUT2D eigenvalue weighted by atomic mass is 10.1. The van der Waals surface area contributed by atoms with Gasteiger partial charge in [0, 0.05) is 0 Å². The fourth-order valence-electron chi connectivity index (χ4n) is 1.04. The van der Waals surface area contributed by atoms with Crippen LogP contribution in [0.5, 0.6) is 0 Å². The average molecular weight is 206 g/mol. The third kappa shape index (κ3) is 2.66. The third-order valence-electron chi connectivity index (χ3n) is 1.67. The van der Waals surface area contributed by atoms with Crippen molar-refractivity contribution in [3.8, 4) is 0 Å². The molecule has 0 atom stereocenters. The fraction of sp³-hybridized carbons (Fsp3) is 0.333. The van der Waals surface area contributed by atoms with E-state index >= 15 is 0 Å². The molecule has 13 heavy (non-hydrogen) atoms. The number of benzene rings is 1. The number of aryl methyl sites for hydroxylation is 1. The highest BCUT2D eigenvalue weighted by Gasteiger charge is 2.09. The van der Waals surface area contributed by atoms with E-state index in [1.165, 1.54) is 0 Å². The summed E-state index contributed by atoms with van der Waals surface area (Å²) in [5.41, 5.74) is 0.463. The van der Waals surface area contributed by atoms with Gasteiger partial charge in [0.2, 0.25) is 0 Å². The van der Waals surface area contributed by atoms with Crippen LogP contribution in [0.1, 0.15) is 12.0 Å². The molecule has 0 nitrogen and oxygen atoms in total. The molecule has 0 unspecified atom stereocenters. The molecule has 1 rings (SSSR count). The predicted molar refractivity (Wildman–Crippen MR) is 48.5 cm³/mol. The van der Waals surface area contributed by atoms with Crippen molar-refractivity contribution in [3.05, 3.63) is 35.1 Å². The SMILES string of the molecule is Fc1cc(CCCS)cc(F)c1F. The third-order valence-corrected chi connectivity index (χ3v) is 1.98. The van der Waals surface area contributed by atoms with Crippen molar-refractivity contribution in [1.82, 2.24) is 0 Å². The lowest BCUT2D eigenvalue weighted by Crippen LogP contribution is -1.95. The van der Waals surface area contributed by atoms with Gasteiger partial charge in [0.05, 0.1) is 0 Å². The molecule has 1 aromatic rings. The van der Waals surface area contributed by atoms with Crippen molar-refractivity contribution >= 4 is 12.6 Å². The summed E-state index contributed by atoms with van der Waals surface area (Å²) in [7, 11) is 0. The molecule has 0 fully saturated rings.